The molecule has 0 saturated carbocycles. The van der Waals surface area contributed by atoms with Crippen molar-refractivity contribution in [3.63, 3.8) is 0 Å². The first kappa shape index (κ1) is 18.1. The van der Waals surface area contributed by atoms with Gasteiger partial charge < -0.3 is 14.5 Å². The van der Waals surface area contributed by atoms with E-state index in [0.717, 1.165) is 31.0 Å². The maximum atomic E-state index is 12.6. The lowest BCUT2D eigenvalue weighted by atomic mass is 10.2. The third-order valence-electron chi connectivity index (χ3n) is 4.58. The molecule has 1 unspecified atom stereocenters. The number of anilines is 1. The molecular weight excluding hydrogens is 330 g/mol. The minimum atomic E-state index is -0.0802. The number of amides is 1. The highest BCUT2D eigenvalue weighted by atomic mass is 16.5. The molecule has 1 fully saturated rings. The van der Waals surface area contributed by atoms with Gasteiger partial charge in [0.1, 0.15) is 6.10 Å². The van der Waals surface area contributed by atoms with Gasteiger partial charge in [-0.05, 0) is 32.9 Å². The summed E-state index contributed by atoms with van der Waals surface area (Å²) in [5.74, 6) is 1.28. The quantitative estimate of drug-likeness (QED) is 0.792. The lowest BCUT2D eigenvalue weighted by Gasteiger charge is -2.23. The van der Waals surface area contributed by atoms with Gasteiger partial charge in [0, 0.05) is 50.3 Å². The molecular formula is C19H25N5O2. The van der Waals surface area contributed by atoms with Gasteiger partial charge in [-0.15, -0.1) is 0 Å². The van der Waals surface area contributed by atoms with Gasteiger partial charge in [0.25, 0.3) is 11.8 Å². The van der Waals surface area contributed by atoms with Crippen LogP contribution in [0, 0.1) is 6.92 Å². The van der Waals surface area contributed by atoms with E-state index >= 15 is 0 Å². The monoisotopic (exact) mass is 355 g/mol. The van der Waals surface area contributed by atoms with Crippen molar-refractivity contribution in [1.29, 1.82) is 0 Å². The van der Waals surface area contributed by atoms with Crippen molar-refractivity contribution >= 4 is 11.7 Å². The van der Waals surface area contributed by atoms with Gasteiger partial charge in [0.05, 0.1) is 12.1 Å². The van der Waals surface area contributed by atoms with Crippen LogP contribution in [0.1, 0.15) is 36.3 Å². The summed E-state index contributed by atoms with van der Waals surface area (Å²) >= 11 is 0. The van der Waals surface area contributed by atoms with E-state index in [9.17, 15) is 4.79 Å². The summed E-state index contributed by atoms with van der Waals surface area (Å²) in [5, 5.41) is 0. The van der Waals surface area contributed by atoms with Crippen LogP contribution in [0.3, 0.4) is 0 Å². The highest BCUT2D eigenvalue weighted by Crippen LogP contribution is 2.26. The molecule has 0 aliphatic carbocycles. The predicted molar refractivity (Wildman–Crippen MR) is 99.5 cm³/mol. The SMILES string of the molecule is CCN(CC)c1nccnc1OC1CCN(C(=O)c2ccc(C)nc2)C1. The Morgan fingerprint density at radius 3 is 2.69 bits per heavy atom. The fourth-order valence-corrected chi connectivity index (χ4v) is 3.08. The molecule has 0 radical (unpaired) electrons. The highest BCUT2D eigenvalue weighted by molar-refractivity contribution is 5.94. The van der Waals surface area contributed by atoms with Crippen LogP contribution < -0.4 is 9.64 Å². The lowest BCUT2D eigenvalue weighted by Crippen LogP contribution is -2.31. The van der Waals surface area contributed by atoms with Crippen molar-refractivity contribution in [2.45, 2.75) is 33.3 Å². The van der Waals surface area contributed by atoms with Crippen molar-refractivity contribution in [2.24, 2.45) is 0 Å². The van der Waals surface area contributed by atoms with Crippen LogP contribution in [0.25, 0.3) is 0 Å². The second kappa shape index (κ2) is 8.12. The molecule has 3 heterocycles. The number of hydrogen-bond acceptors (Lipinski definition) is 6. The number of rotatable bonds is 6. The van der Waals surface area contributed by atoms with Crippen LogP contribution in [0.2, 0.25) is 0 Å². The number of aryl methyl sites for hydroxylation is 1. The van der Waals surface area contributed by atoms with E-state index in [4.69, 9.17) is 4.74 Å². The summed E-state index contributed by atoms with van der Waals surface area (Å²) in [7, 11) is 0. The molecule has 138 valence electrons. The summed E-state index contributed by atoms with van der Waals surface area (Å²) in [5.41, 5.74) is 1.51. The smallest absolute Gasteiger partial charge is 0.257 e. The second-order valence-electron chi connectivity index (χ2n) is 6.33. The number of aromatic nitrogens is 3. The van der Waals surface area contributed by atoms with Gasteiger partial charge >= 0.3 is 0 Å². The summed E-state index contributed by atoms with van der Waals surface area (Å²) < 4.78 is 6.10. The van der Waals surface area contributed by atoms with Crippen molar-refractivity contribution in [3.05, 3.63) is 42.0 Å². The first-order valence-corrected chi connectivity index (χ1v) is 9.06. The first-order chi connectivity index (χ1) is 12.6. The van der Waals surface area contributed by atoms with E-state index in [0.29, 0.717) is 24.5 Å². The largest absolute Gasteiger partial charge is 0.470 e. The predicted octanol–water partition coefficient (Wildman–Crippen LogP) is 2.32. The fourth-order valence-electron chi connectivity index (χ4n) is 3.08. The zero-order chi connectivity index (χ0) is 18.5. The van der Waals surface area contributed by atoms with Crippen molar-refractivity contribution < 1.29 is 9.53 Å². The molecule has 3 rings (SSSR count). The lowest BCUT2D eigenvalue weighted by molar-refractivity contribution is 0.0771. The maximum absolute atomic E-state index is 12.6. The Kier molecular flexibility index (Phi) is 5.65. The Morgan fingerprint density at radius 1 is 1.23 bits per heavy atom. The number of hydrogen-bond donors (Lipinski definition) is 0. The van der Waals surface area contributed by atoms with Crippen LogP contribution in [0.4, 0.5) is 5.82 Å². The molecule has 2 aromatic heterocycles. The minimum Gasteiger partial charge on any atom is -0.470 e. The maximum Gasteiger partial charge on any atom is 0.257 e. The molecule has 0 spiro atoms. The Balaban J connectivity index is 1.67. The van der Waals surface area contributed by atoms with E-state index in [-0.39, 0.29) is 12.0 Å². The number of pyridine rings is 1. The van der Waals surface area contributed by atoms with Crippen LogP contribution in [0.15, 0.2) is 30.7 Å². The summed E-state index contributed by atoms with van der Waals surface area (Å²) in [4.78, 5) is 29.5. The Labute approximate surface area is 154 Å². The van der Waals surface area contributed by atoms with Gasteiger partial charge in [-0.25, -0.2) is 9.97 Å². The Bertz CT molecular complexity index is 746. The number of nitrogens with zero attached hydrogens (tertiary/aromatic N) is 5. The van der Waals surface area contributed by atoms with E-state index in [1.807, 2.05) is 24.0 Å². The zero-order valence-corrected chi connectivity index (χ0v) is 15.6. The van der Waals surface area contributed by atoms with E-state index < -0.39 is 0 Å². The van der Waals surface area contributed by atoms with Crippen LogP contribution in [-0.2, 0) is 0 Å². The minimum absolute atomic E-state index is 0.00767. The molecule has 1 aliphatic rings. The summed E-state index contributed by atoms with van der Waals surface area (Å²) in [6, 6.07) is 3.67. The van der Waals surface area contributed by atoms with E-state index in [1.54, 1.807) is 18.6 Å². The molecule has 2 aromatic rings. The van der Waals surface area contributed by atoms with Gasteiger partial charge in [-0.3, -0.25) is 9.78 Å². The molecule has 0 aromatic carbocycles. The molecule has 0 bridgehead atoms. The second-order valence-corrected chi connectivity index (χ2v) is 6.33. The number of ether oxygens (including phenoxy) is 1. The normalized spacial score (nSPS) is 16.6. The summed E-state index contributed by atoms with van der Waals surface area (Å²) in [6.45, 7) is 8.94. The van der Waals surface area contributed by atoms with Crippen LogP contribution in [0.5, 0.6) is 5.88 Å². The summed E-state index contributed by atoms with van der Waals surface area (Å²) in [6.07, 6.45) is 5.64. The zero-order valence-electron chi connectivity index (χ0n) is 15.6. The van der Waals surface area contributed by atoms with Gasteiger partial charge in [-0.2, -0.15) is 0 Å². The van der Waals surface area contributed by atoms with Crippen molar-refractivity contribution in [1.82, 2.24) is 19.9 Å². The van der Waals surface area contributed by atoms with Gasteiger partial charge in [-0.1, -0.05) is 0 Å². The molecule has 26 heavy (non-hydrogen) atoms. The Hall–Kier alpha value is -2.70. The first-order valence-electron chi connectivity index (χ1n) is 9.06. The molecule has 1 saturated heterocycles. The van der Waals surface area contributed by atoms with Gasteiger partial charge in [0.15, 0.2) is 5.82 Å². The van der Waals surface area contributed by atoms with Crippen molar-refractivity contribution in [2.75, 3.05) is 31.1 Å². The number of carbonyl (C=O) groups excluding carboxylic acids is 1. The number of likely N-dealkylation sites (tertiary alicyclic amines) is 1. The fraction of sp³-hybridized carbons (Fsp3) is 0.474. The van der Waals surface area contributed by atoms with E-state index in [1.165, 1.54) is 0 Å². The van der Waals surface area contributed by atoms with Crippen molar-refractivity contribution in [3.8, 4) is 5.88 Å². The molecule has 1 amide bonds. The van der Waals surface area contributed by atoms with E-state index in [2.05, 4.69) is 33.7 Å². The third-order valence-corrected chi connectivity index (χ3v) is 4.58. The molecule has 7 heteroatoms. The molecule has 0 N–H and O–H groups in total. The Morgan fingerprint density at radius 2 is 2.00 bits per heavy atom. The molecule has 1 atom stereocenters. The standard InChI is InChI=1S/C19H25N5O2/c1-4-23(5-2)17-18(21-10-9-20-17)26-16-8-11-24(13-16)19(25)15-7-6-14(3)22-12-15/h6-7,9-10,12,16H,4-5,8,11,13H2,1-3H3. The average molecular weight is 355 g/mol. The molecule has 1 aliphatic heterocycles. The molecule has 7 nitrogen and oxygen atoms in total. The third kappa shape index (κ3) is 3.92. The van der Waals surface area contributed by atoms with Crippen LogP contribution >= 0.6 is 0 Å². The average Bonchev–Trinajstić information content (AvgIpc) is 3.12. The van der Waals surface area contributed by atoms with Crippen LogP contribution in [-0.4, -0.2) is 58.0 Å². The van der Waals surface area contributed by atoms with Gasteiger partial charge in [0.2, 0.25) is 0 Å². The highest BCUT2D eigenvalue weighted by Gasteiger charge is 2.29. The topological polar surface area (TPSA) is 71.5 Å². The number of carbonyl (C=O) groups is 1.